The Labute approximate surface area is 120 Å². The van der Waals surface area contributed by atoms with Gasteiger partial charge in [-0.2, -0.15) is 0 Å². The number of hydrogen-bond acceptors (Lipinski definition) is 4. The van der Waals surface area contributed by atoms with E-state index in [1.54, 1.807) is 0 Å². The molecule has 0 radical (unpaired) electrons. The SMILES string of the molecule is CCCCNC(=O)NC(=O)CN1C2CCC1CC(N)C2. The second kappa shape index (κ2) is 7.04. The molecule has 2 unspecified atom stereocenters. The number of fused-ring (bicyclic) bond motifs is 2. The van der Waals surface area contributed by atoms with Crippen LogP contribution >= 0.6 is 0 Å². The van der Waals surface area contributed by atoms with E-state index in [9.17, 15) is 9.59 Å². The van der Waals surface area contributed by atoms with Crippen LogP contribution in [0.3, 0.4) is 0 Å². The molecule has 2 aliphatic rings. The molecule has 114 valence electrons. The van der Waals surface area contributed by atoms with Gasteiger partial charge in [-0.1, -0.05) is 13.3 Å². The number of unbranched alkanes of at least 4 members (excludes halogenated alkanes) is 1. The number of rotatable bonds is 5. The molecule has 2 atom stereocenters. The molecule has 20 heavy (non-hydrogen) atoms. The zero-order valence-corrected chi connectivity index (χ0v) is 12.2. The summed E-state index contributed by atoms with van der Waals surface area (Å²) in [4.78, 5) is 25.6. The smallest absolute Gasteiger partial charge is 0.321 e. The maximum Gasteiger partial charge on any atom is 0.321 e. The first kappa shape index (κ1) is 15.3. The van der Waals surface area contributed by atoms with Crippen LogP contribution in [0.4, 0.5) is 4.79 Å². The lowest BCUT2D eigenvalue weighted by Crippen LogP contribution is -2.52. The van der Waals surface area contributed by atoms with Crippen molar-refractivity contribution < 1.29 is 9.59 Å². The largest absolute Gasteiger partial charge is 0.338 e. The minimum Gasteiger partial charge on any atom is -0.338 e. The Morgan fingerprint density at radius 1 is 1.25 bits per heavy atom. The summed E-state index contributed by atoms with van der Waals surface area (Å²) in [6, 6.07) is 0.712. The van der Waals surface area contributed by atoms with Gasteiger partial charge in [0.15, 0.2) is 0 Å². The summed E-state index contributed by atoms with van der Waals surface area (Å²) < 4.78 is 0. The van der Waals surface area contributed by atoms with Crippen molar-refractivity contribution in [1.82, 2.24) is 15.5 Å². The highest BCUT2D eigenvalue weighted by Crippen LogP contribution is 2.34. The maximum absolute atomic E-state index is 11.9. The van der Waals surface area contributed by atoms with Gasteiger partial charge in [0.05, 0.1) is 6.54 Å². The van der Waals surface area contributed by atoms with E-state index >= 15 is 0 Å². The van der Waals surface area contributed by atoms with E-state index in [2.05, 4.69) is 22.5 Å². The summed E-state index contributed by atoms with van der Waals surface area (Å²) in [6.07, 6.45) is 6.11. The number of nitrogens with one attached hydrogen (secondary N) is 2. The molecule has 0 aromatic heterocycles. The number of piperidine rings is 1. The molecule has 6 heteroatoms. The Bertz CT molecular complexity index is 347. The topological polar surface area (TPSA) is 87.5 Å². The zero-order valence-electron chi connectivity index (χ0n) is 12.2. The standard InChI is InChI=1S/C14H26N4O2/c1-2-3-6-16-14(20)17-13(19)9-18-11-4-5-12(18)8-10(15)7-11/h10-12H,2-9,15H2,1H3,(H2,16,17,19,20). The summed E-state index contributed by atoms with van der Waals surface area (Å²) in [6.45, 7) is 2.98. The molecule has 2 heterocycles. The van der Waals surface area contributed by atoms with Gasteiger partial charge in [0.1, 0.15) is 0 Å². The fourth-order valence-corrected chi connectivity index (χ4v) is 3.33. The average molecular weight is 282 g/mol. The second-order valence-corrected chi connectivity index (χ2v) is 5.95. The van der Waals surface area contributed by atoms with Crippen molar-refractivity contribution in [3.63, 3.8) is 0 Å². The van der Waals surface area contributed by atoms with Gasteiger partial charge in [-0.3, -0.25) is 15.0 Å². The number of amides is 3. The number of hydrogen-bond donors (Lipinski definition) is 3. The average Bonchev–Trinajstić information content (AvgIpc) is 2.62. The monoisotopic (exact) mass is 282 g/mol. The number of nitrogens with zero attached hydrogens (tertiary/aromatic N) is 1. The normalized spacial score (nSPS) is 29.2. The first-order valence-corrected chi connectivity index (χ1v) is 7.69. The minimum atomic E-state index is -0.385. The van der Waals surface area contributed by atoms with Crippen molar-refractivity contribution in [2.75, 3.05) is 13.1 Å². The molecule has 2 fully saturated rings. The summed E-state index contributed by atoms with van der Waals surface area (Å²) >= 11 is 0. The summed E-state index contributed by atoms with van der Waals surface area (Å²) in [5.41, 5.74) is 6.01. The molecule has 2 saturated heterocycles. The first-order chi connectivity index (χ1) is 9.60. The lowest BCUT2D eigenvalue weighted by molar-refractivity contribution is -0.122. The highest BCUT2D eigenvalue weighted by atomic mass is 16.2. The lowest BCUT2D eigenvalue weighted by Gasteiger charge is -2.37. The minimum absolute atomic E-state index is 0.216. The van der Waals surface area contributed by atoms with Gasteiger partial charge in [-0.05, 0) is 32.1 Å². The molecule has 2 rings (SSSR count). The van der Waals surface area contributed by atoms with Gasteiger partial charge in [0.2, 0.25) is 5.91 Å². The molecule has 2 bridgehead atoms. The Morgan fingerprint density at radius 3 is 2.50 bits per heavy atom. The molecular weight excluding hydrogens is 256 g/mol. The van der Waals surface area contributed by atoms with E-state index in [-0.39, 0.29) is 18.0 Å². The van der Waals surface area contributed by atoms with Gasteiger partial charge in [-0.15, -0.1) is 0 Å². The Kier molecular flexibility index (Phi) is 5.37. The summed E-state index contributed by atoms with van der Waals surface area (Å²) in [7, 11) is 0. The number of carbonyl (C=O) groups is 2. The van der Waals surface area contributed by atoms with E-state index < -0.39 is 0 Å². The van der Waals surface area contributed by atoms with Crippen molar-refractivity contribution in [2.45, 2.75) is 63.6 Å². The predicted octanol–water partition coefficient (Wildman–Crippen LogP) is 0.566. The highest BCUT2D eigenvalue weighted by molar-refractivity contribution is 5.95. The van der Waals surface area contributed by atoms with Crippen molar-refractivity contribution in [3.8, 4) is 0 Å². The Hall–Kier alpha value is -1.14. The fourth-order valence-electron chi connectivity index (χ4n) is 3.33. The number of carbonyl (C=O) groups excluding carboxylic acids is 2. The molecule has 0 saturated carbocycles. The molecule has 4 N–H and O–H groups in total. The third kappa shape index (κ3) is 3.93. The van der Waals surface area contributed by atoms with Crippen molar-refractivity contribution in [2.24, 2.45) is 5.73 Å². The van der Waals surface area contributed by atoms with Gasteiger partial charge in [0.25, 0.3) is 0 Å². The van der Waals surface area contributed by atoms with Crippen LogP contribution in [0, 0.1) is 0 Å². The fraction of sp³-hybridized carbons (Fsp3) is 0.857. The van der Waals surface area contributed by atoms with Crippen LogP contribution in [0.1, 0.15) is 45.4 Å². The van der Waals surface area contributed by atoms with Gasteiger partial charge < -0.3 is 11.1 Å². The van der Waals surface area contributed by atoms with Gasteiger partial charge in [0, 0.05) is 24.7 Å². The molecule has 3 amide bonds. The first-order valence-electron chi connectivity index (χ1n) is 7.69. The summed E-state index contributed by atoms with van der Waals surface area (Å²) in [5, 5.41) is 5.09. The maximum atomic E-state index is 11.9. The quantitative estimate of drug-likeness (QED) is 0.643. The third-order valence-electron chi connectivity index (χ3n) is 4.32. The zero-order chi connectivity index (χ0) is 14.5. The molecular formula is C14H26N4O2. The van der Waals surface area contributed by atoms with Crippen molar-refractivity contribution >= 4 is 11.9 Å². The lowest BCUT2D eigenvalue weighted by atomic mass is 9.98. The van der Waals surface area contributed by atoms with Crippen LogP contribution in [0.5, 0.6) is 0 Å². The number of urea groups is 1. The van der Waals surface area contributed by atoms with E-state index in [4.69, 9.17) is 5.73 Å². The Morgan fingerprint density at radius 2 is 1.90 bits per heavy atom. The molecule has 0 aliphatic carbocycles. The van der Waals surface area contributed by atoms with Crippen LogP contribution < -0.4 is 16.4 Å². The van der Waals surface area contributed by atoms with Crippen LogP contribution in [0.2, 0.25) is 0 Å². The van der Waals surface area contributed by atoms with Crippen LogP contribution in [0.25, 0.3) is 0 Å². The van der Waals surface area contributed by atoms with Crippen LogP contribution in [0.15, 0.2) is 0 Å². The van der Waals surface area contributed by atoms with Crippen molar-refractivity contribution in [3.05, 3.63) is 0 Å². The van der Waals surface area contributed by atoms with Crippen LogP contribution in [-0.4, -0.2) is 48.1 Å². The highest BCUT2D eigenvalue weighted by Gasteiger charge is 2.40. The molecule has 2 aliphatic heterocycles. The molecule has 0 aromatic rings. The third-order valence-corrected chi connectivity index (χ3v) is 4.32. The molecule has 0 aromatic carbocycles. The molecule has 0 spiro atoms. The number of nitrogens with two attached hydrogens (primary N) is 1. The van der Waals surface area contributed by atoms with E-state index in [1.807, 2.05) is 0 Å². The molecule has 6 nitrogen and oxygen atoms in total. The van der Waals surface area contributed by atoms with E-state index in [1.165, 1.54) is 0 Å². The predicted molar refractivity (Wildman–Crippen MR) is 77.2 cm³/mol. The van der Waals surface area contributed by atoms with E-state index in [0.29, 0.717) is 25.2 Å². The summed E-state index contributed by atoms with van der Waals surface area (Å²) in [5.74, 6) is -0.216. The Balaban J connectivity index is 1.73. The van der Waals surface area contributed by atoms with E-state index in [0.717, 1.165) is 38.5 Å². The van der Waals surface area contributed by atoms with Gasteiger partial charge in [-0.25, -0.2) is 4.79 Å². The van der Waals surface area contributed by atoms with Crippen LogP contribution in [-0.2, 0) is 4.79 Å². The second-order valence-electron chi connectivity index (χ2n) is 5.95. The van der Waals surface area contributed by atoms with Crippen molar-refractivity contribution in [1.29, 1.82) is 0 Å². The van der Waals surface area contributed by atoms with Gasteiger partial charge >= 0.3 is 6.03 Å². The number of imide groups is 1.